The zero-order valence-corrected chi connectivity index (χ0v) is 18.3. The van der Waals surface area contributed by atoms with Gasteiger partial charge >= 0.3 is 0 Å². The van der Waals surface area contributed by atoms with Gasteiger partial charge < -0.3 is 5.32 Å². The highest BCUT2D eigenvalue weighted by Crippen LogP contribution is 2.32. The zero-order chi connectivity index (χ0) is 22.1. The van der Waals surface area contributed by atoms with E-state index in [0.29, 0.717) is 5.52 Å². The Balaban J connectivity index is 1.70. The molecule has 0 aliphatic rings. The first-order valence-electron chi connectivity index (χ1n) is 8.50. The summed E-state index contributed by atoms with van der Waals surface area (Å²) >= 11 is 17.9. The van der Waals surface area contributed by atoms with Crippen LogP contribution in [-0.4, -0.2) is 19.2 Å². The fourth-order valence-corrected chi connectivity index (χ4v) is 4.31. The van der Waals surface area contributed by atoms with Crippen LogP contribution >= 0.6 is 34.8 Å². The molecule has 6 nitrogen and oxygen atoms in total. The predicted octanol–water partition coefficient (Wildman–Crippen LogP) is 6.14. The normalized spacial score (nSPS) is 12.0. The molecule has 1 unspecified atom stereocenters. The van der Waals surface area contributed by atoms with Crippen LogP contribution in [0.25, 0.3) is 11.0 Å². The molecule has 2 N–H and O–H groups in total. The second-order valence-electron chi connectivity index (χ2n) is 6.06. The van der Waals surface area contributed by atoms with E-state index in [1.54, 1.807) is 12.1 Å². The second-order valence-corrected chi connectivity index (χ2v) is 8.41. The minimum absolute atomic E-state index is 0.0430. The zero-order valence-electron chi connectivity index (χ0n) is 15.2. The van der Waals surface area contributed by atoms with E-state index >= 15 is 4.39 Å². The highest BCUT2D eigenvalue weighted by molar-refractivity contribution is 7.86. The quantitative estimate of drug-likeness (QED) is 0.322. The maximum atomic E-state index is 15.1. The number of halogens is 5. The molecule has 4 aromatic rings. The van der Waals surface area contributed by atoms with Gasteiger partial charge in [0.1, 0.15) is 28.5 Å². The van der Waals surface area contributed by atoms with Crippen molar-refractivity contribution >= 4 is 74.0 Å². The van der Waals surface area contributed by atoms with Gasteiger partial charge in [0, 0.05) is 0 Å². The lowest BCUT2D eigenvalue weighted by Gasteiger charge is -2.14. The van der Waals surface area contributed by atoms with Crippen LogP contribution in [0, 0.1) is 11.6 Å². The van der Waals surface area contributed by atoms with Crippen molar-refractivity contribution in [3.05, 3.63) is 75.6 Å². The van der Waals surface area contributed by atoms with Crippen LogP contribution in [0.4, 0.5) is 26.0 Å². The topological polar surface area (TPSA) is 79.8 Å². The summed E-state index contributed by atoms with van der Waals surface area (Å²) in [5.41, 5.74) is -0.112. The van der Waals surface area contributed by atoms with Gasteiger partial charge in [-0.15, -0.1) is 0 Å². The van der Waals surface area contributed by atoms with Crippen molar-refractivity contribution in [2.24, 2.45) is 0 Å². The Labute approximate surface area is 192 Å². The molecule has 1 atom stereocenters. The molecule has 0 radical (unpaired) electrons. The fourth-order valence-electron chi connectivity index (χ4n) is 2.65. The number of aromatic nitrogens is 3. The fraction of sp³-hybridized carbons (Fsp3) is 0. The van der Waals surface area contributed by atoms with Crippen molar-refractivity contribution < 1.29 is 13.0 Å². The number of pyridine rings is 1. The molecule has 0 fully saturated rings. The Morgan fingerprint density at radius 1 is 0.968 bits per heavy atom. The summed E-state index contributed by atoms with van der Waals surface area (Å²) in [6.07, 6.45) is 1.22. The molecule has 31 heavy (non-hydrogen) atoms. The number of rotatable bonds is 5. The van der Waals surface area contributed by atoms with Crippen molar-refractivity contribution in [2.45, 2.75) is 4.90 Å². The third kappa shape index (κ3) is 4.40. The van der Waals surface area contributed by atoms with E-state index in [1.807, 2.05) is 0 Å². The van der Waals surface area contributed by atoms with Crippen LogP contribution in [0.15, 0.2) is 53.7 Å². The van der Waals surface area contributed by atoms with E-state index < -0.39 is 28.3 Å². The van der Waals surface area contributed by atoms with E-state index in [4.69, 9.17) is 34.8 Å². The number of nitrogens with one attached hydrogen (secondary N) is 2. The molecule has 0 aliphatic carbocycles. The lowest BCUT2D eigenvalue weighted by Crippen LogP contribution is -2.09. The van der Waals surface area contributed by atoms with Crippen molar-refractivity contribution in [1.29, 1.82) is 0 Å². The van der Waals surface area contributed by atoms with Crippen LogP contribution in [-0.2, 0) is 11.0 Å². The molecule has 2 aromatic heterocycles. The summed E-state index contributed by atoms with van der Waals surface area (Å²) in [5, 5.41) is 2.99. The maximum Gasteiger partial charge on any atom is 0.173 e. The standard InChI is InChI=1S/C19H10Cl3F2N5OS/c20-9-2-1-3-13(15(9)22)31(30)29-11-5-4-10(23)17(16(11)24)28-19-18-12(25-8-26-19)6-7-14(21)27-18/h1-8,29H,(H,25,26,28). The van der Waals surface area contributed by atoms with Gasteiger partial charge in [-0.05, 0) is 36.4 Å². The van der Waals surface area contributed by atoms with Crippen LogP contribution in [0.1, 0.15) is 0 Å². The van der Waals surface area contributed by atoms with Crippen LogP contribution in [0.3, 0.4) is 0 Å². The second kappa shape index (κ2) is 8.88. The third-order valence-electron chi connectivity index (χ3n) is 4.10. The third-order valence-corrected chi connectivity index (χ3v) is 6.39. The maximum absolute atomic E-state index is 15.1. The molecule has 2 aromatic carbocycles. The lowest BCUT2D eigenvalue weighted by molar-refractivity contribution is 0.593. The van der Waals surface area contributed by atoms with E-state index in [2.05, 4.69) is 25.0 Å². The number of nitrogens with zero attached hydrogens (tertiary/aromatic N) is 3. The number of benzene rings is 2. The van der Waals surface area contributed by atoms with Crippen molar-refractivity contribution in [3.63, 3.8) is 0 Å². The molecular weight excluding hydrogens is 491 g/mol. The minimum atomic E-state index is -1.97. The van der Waals surface area contributed by atoms with Crippen molar-refractivity contribution in [3.8, 4) is 0 Å². The number of hydrogen-bond donors (Lipinski definition) is 2. The molecular formula is C19H10Cl3F2N5OS. The predicted molar refractivity (Wildman–Crippen MR) is 118 cm³/mol. The highest BCUT2D eigenvalue weighted by atomic mass is 35.5. The first-order valence-corrected chi connectivity index (χ1v) is 10.8. The van der Waals surface area contributed by atoms with Gasteiger partial charge in [-0.1, -0.05) is 40.9 Å². The van der Waals surface area contributed by atoms with Gasteiger partial charge in [-0.3, -0.25) is 4.72 Å². The molecule has 4 rings (SSSR count). The van der Waals surface area contributed by atoms with Crippen molar-refractivity contribution in [2.75, 3.05) is 10.0 Å². The molecule has 0 saturated carbocycles. The number of fused-ring (bicyclic) bond motifs is 1. The Hall–Kier alpha value is -2.59. The molecule has 0 amide bonds. The molecule has 0 spiro atoms. The van der Waals surface area contributed by atoms with Gasteiger partial charge in [0.15, 0.2) is 22.6 Å². The van der Waals surface area contributed by atoms with Gasteiger partial charge in [-0.25, -0.2) is 27.9 Å². The summed E-state index contributed by atoms with van der Waals surface area (Å²) in [4.78, 5) is 12.3. The van der Waals surface area contributed by atoms with Gasteiger partial charge in [0.05, 0.1) is 26.1 Å². The Kier molecular flexibility index (Phi) is 6.19. The molecule has 0 bridgehead atoms. The van der Waals surface area contributed by atoms with E-state index in [0.717, 1.165) is 12.1 Å². The average molecular weight is 501 g/mol. The van der Waals surface area contributed by atoms with Gasteiger partial charge in [0.25, 0.3) is 0 Å². The molecule has 0 saturated heterocycles. The van der Waals surface area contributed by atoms with Crippen LogP contribution < -0.4 is 10.0 Å². The Morgan fingerprint density at radius 2 is 1.77 bits per heavy atom. The van der Waals surface area contributed by atoms with Gasteiger partial charge in [0.2, 0.25) is 0 Å². The SMILES string of the molecule is O=S(Nc1ccc(F)c(Nc2ncnc3ccc(Cl)nc23)c1F)c1cccc(Cl)c1Cl. The first-order chi connectivity index (χ1) is 14.8. The largest absolute Gasteiger partial charge is 0.333 e. The van der Waals surface area contributed by atoms with E-state index in [-0.39, 0.29) is 37.1 Å². The van der Waals surface area contributed by atoms with E-state index in [9.17, 15) is 8.60 Å². The summed E-state index contributed by atoms with van der Waals surface area (Å²) in [6, 6.07) is 9.80. The average Bonchev–Trinajstić information content (AvgIpc) is 2.75. The molecule has 158 valence electrons. The summed E-state index contributed by atoms with van der Waals surface area (Å²) in [5.74, 6) is -1.88. The molecule has 2 heterocycles. The Morgan fingerprint density at radius 3 is 2.58 bits per heavy atom. The van der Waals surface area contributed by atoms with Crippen LogP contribution in [0.5, 0.6) is 0 Å². The Bertz CT molecular complexity index is 1340. The van der Waals surface area contributed by atoms with Crippen LogP contribution in [0.2, 0.25) is 15.2 Å². The molecule has 12 heteroatoms. The molecule has 0 aliphatic heterocycles. The summed E-state index contributed by atoms with van der Waals surface area (Å²) in [6.45, 7) is 0. The number of anilines is 3. The smallest absolute Gasteiger partial charge is 0.173 e. The minimum Gasteiger partial charge on any atom is -0.333 e. The lowest BCUT2D eigenvalue weighted by atomic mass is 10.2. The summed E-state index contributed by atoms with van der Waals surface area (Å²) in [7, 11) is -1.97. The highest BCUT2D eigenvalue weighted by Gasteiger charge is 2.19. The van der Waals surface area contributed by atoms with Gasteiger partial charge in [-0.2, -0.15) is 0 Å². The van der Waals surface area contributed by atoms with E-state index in [1.165, 1.54) is 24.5 Å². The summed E-state index contributed by atoms with van der Waals surface area (Å²) < 4.78 is 44.7. The monoisotopic (exact) mass is 499 g/mol. The first kappa shape index (κ1) is 21.6. The van der Waals surface area contributed by atoms with Crippen molar-refractivity contribution in [1.82, 2.24) is 15.0 Å². The number of hydrogen-bond acceptors (Lipinski definition) is 5.